The van der Waals surface area contributed by atoms with Crippen LogP contribution in [-0.2, 0) is 15.3 Å². The highest BCUT2D eigenvalue weighted by molar-refractivity contribution is 7.61. The summed E-state index contributed by atoms with van der Waals surface area (Å²) in [4.78, 5) is 10.6. The maximum absolute atomic E-state index is 10.6. The number of nitrogens with one attached hydrogen (secondary N) is 1. The third kappa shape index (κ3) is 3.18. The molecule has 0 aromatic heterocycles. The van der Waals surface area contributed by atoms with Crippen LogP contribution >= 0.6 is 0 Å². The molecule has 0 spiro atoms. The highest BCUT2D eigenvalue weighted by Gasteiger charge is 2.07. The Bertz CT molecular complexity index is 235. The molecule has 0 radical (unpaired) electrons. The minimum absolute atomic E-state index is 0.413. The summed E-state index contributed by atoms with van der Waals surface area (Å²) in [6.07, 6.45) is 0. The van der Waals surface area contributed by atoms with Crippen molar-refractivity contribution in [2.75, 3.05) is 7.05 Å². The number of carbonyl (C=O) groups is 1. The molecule has 0 aromatic rings. The molecule has 0 aromatic carbocycles. The van der Waals surface area contributed by atoms with Crippen molar-refractivity contribution in [1.29, 1.82) is 0 Å². The predicted molar refractivity (Wildman–Crippen MR) is 34.9 cm³/mol. The van der Waals surface area contributed by atoms with E-state index in [1.807, 2.05) is 0 Å². The van der Waals surface area contributed by atoms with Crippen molar-refractivity contribution in [2.45, 2.75) is 13.0 Å². The molecule has 1 amide bonds. The average Bonchev–Trinajstić information content (AvgIpc) is 1.85. The van der Waals surface area contributed by atoms with Gasteiger partial charge in [-0.15, -0.1) is 0 Å². The molecule has 0 unspecified atom stereocenters. The van der Waals surface area contributed by atoms with E-state index in [-0.39, 0.29) is 0 Å². The second-order valence-electron chi connectivity index (χ2n) is 1.61. The van der Waals surface area contributed by atoms with Crippen molar-refractivity contribution < 1.29 is 13.2 Å². The van der Waals surface area contributed by atoms with Crippen LogP contribution in [0.15, 0.2) is 4.36 Å². The fourth-order valence-corrected chi connectivity index (χ4v) is 0.740. The van der Waals surface area contributed by atoms with Crippen LogP contribution in [-0.4, -0.2) is 27.4 Å². The Balaban J connectivity index is 4.24. The standard InChI is InChI=1S/C4H8N2O3S/c1-3(4(7)5-2)6-10(8)9/h3H,1-2H3,(H,5,7)/t3-/m0/s1. The van der Waals surface area contributed by atoms with Gasteiger partial charge in [-0.1, -0.05) is 0 Å². The number of hydrogen-bond acceptors (Lipinski definition) is 4. The normalized spacial score (nSPS) is 11.8. The molecule has 0 heterocycles. The van der Waals surface area contributed by atoms with Gasteiger partial charge in [0.2, 0.25) is 5.91 Å². The first-order valence-corrected chi connectivity index (χ1v) is 3.63. The fraction of sp³-hybridized carbons (Fsp3) is 0.750. The smallest absolute Gasteiger partial charge is 0.311 e. The van der Waals surface area contributed by atoms with E-state index in [9.17, 15) is 13.2 Å². The first-order chi connectivity index (χ1) is 4.57. The number of hydrogen-bond donors (Lipinski definition) is 1. The van der Waals surface area contributed by atoms with E-state index in [1.54, 1.807) is 0 Å². The zero-order valence-electron chi connectivity index (χ0n) is 5.66. The van der Waals surface area contributed by atoms with E-state index in [2.05, 4.69) is 9.68 Å². The van der Waals surface area contributed by atoms with Gasteiger partial charge in [-0.2, -0.15) is 12.8 Å². The van der Waals surface area contributed by atoms with E-state index < -0.39 is 22.4 Å². The van der Waals surface area contributed by atoms with Gasteiger partial charge >= 0.3 is 10.5 Å². The highest BCUT2D eigenvalue weighted by Crippen LogP contribution is 1.86. The summed E-state index contributed by atoms with van der Waals surface area (Å²) in [6, 6.07) is -0.830. The molecule has 10 heavy (non-hydrogen) atoms. The molecular formula is C4H8N2O3S. The molecule has 0 fully saturated rings. The quantitative estimate of drug-likeness (QED) is 0.579. The van der Waals surface area contributed by atoms with Crippen molar-refractivity contribution in [3.05, 3.63) is 0 Å². The summed E-state index contributed by atoms with van der Waals surface area (Å²) in [7, 11) is -1.08. The van der Waals surface area contributed by atoms with Gasteiger partial charge in [-0.25, -0.2) is 0 Å². The predicted octanol–water partition coefficient (Wildman–Crippen LogP) is -0.816. The molecule has 0 aliphatic heterocycles. The molecule has 0 aliphatic carbocycles. The van der Waals surface area contributed by atoms with Gasteiger partial charge in [0.15, 0.2) is 0 Å². The Hall–Kier alpha value is -0.910. The van der Waals surface area contributed by atoms with Crippen LogP contribution in [0.25, 0.3) is 0 Å². The topological polar surface area (TPSA) is 75.6 Å². The third-order valence-corrected chi connectivity index (χ3v) is 1.36. The first-order valence-electron chi connectivity index (χ1n) is 2.59. The van der Waals surface area contributed by atoms with Gasteiger partial charge in [0.05, 0.1) is 0 Å². The van der Waals surface area contributed by atoms with Gasteiger partial charge in [-0.3, -0.25) is 4.79 Å². The number of nitrogens with zero attached hydrogens (tertiary/aromatic N) is 1. The Labute approximate surface area is 60.1 Å². The molecule has 5 nitrogen and oxygen atoms in total. The Morgan fingerprint density at radius 2 is 2.10 bits per heavy atom. The minimum atomic E-state index is -2.50. The molecule has 1 atom stereocenters. The van der Waals surface area contributed by atoms with Crippen molar-refractivity contribution >= 4 is 16.4 Å². The summed E-state index contributed by atoms with van der Waals surface area (Å²) in [5, 5.41) is 2.26. The Morgan fingerprint density at radius 1 is 1.60 bits per heavy atom. The monoisotopic (exact) mass is 164 g/mol. The van der Waals surface area contributed by atoms with Crippen molar-refractivity contribution in [3.8, 4) is 0 Å². The van der Waals surface area contributed by atoms with Crippen molar-refractivity contribution in [2.24, 2.45) is 4.36 Å². The zero-order chi connectivity index (χ0) is 8.15. The molecule has 0 rings (SSSR count). The maximum Gasteiger partial charge on any atom is 0.311 e. The van der Waals surface area contributed by atoms with Crippen LogP contribution in [0.1, 0.15) is 6.92 Å². The summed E-state index contributed by atoms with van der Waals surface area (Å²) in [6.45, 7) is 1.40. The molecule has 0 bridgehead atoms. The molecule has 1 N–H and O–H groups in total. The van der Waals surface area contributed by atoms with Gasteiger partial charge in [0.25, 0.3) is 0 Å². The van der Waals surface area contributed by atoms with E-state index in [0.29, 0.717) is 0 Å². The summed E-state index contributed by atoms with van der Waals surface area (Å²) >= 11 is 0. The van der Waals surface area contributed by atoms with E-state index in [0.717, 1.165) is 0 Å². The third-order valence-electron chi connectivity index (χ3n) is 0.870. The number of rotatable bonds is 2. The number of amides is 1. The van der Waals surface area contributed by atoms with Crippen LogP contribution in [0.5, 0.6) is 0 Å². The second kappa shape index (κ2) is 3.99. The van der Waals surface area contributed by atoms with Crippen LogP contribution in [0.4, 0.5) is 0 Å². The lowest BCUT2D eigenvalue weighted by Gasteiger charge is -1.98. The lowest BCUT2D eigenvalue weighted by Crippen LogP contribution is -2.27. The first kappa shape index (κ1) is 9.09. The van der Waals surface area contributed by atoms with Gasteiger partial charge in [0, 0.05) is 7.05 Å². The van der Waals surface area contributed by atoms with Crippen molar-refractivity contribution in [3.63, 3.8) is 0 Å². The fourth-order valence-electron chi connectivity index (χ4n) is 0.386. The van der Waals surface area contributed by atoms with E-state index in [1.165, 1.54) is 14.0 Å². The van der Waals surface area contributed by atoms with Gasteiger partial charge in [0.1, 0.15) is 6.04 Å². The van der Waals surface area contributed by atoms with Crippen LogP contribution in [0.2, 0.25) is 0 Å². The van der Waals surface area contributed by atoms with Gasteiger partial charge in [-0.05, 0) is 6.92 Å². The minimum Gasteiger partial charge on any atom is -0.357 e. The molecule has 0 aliphatic rings. The summed E-state index contributed by atoms with van der Waals surface area (Å²) in [5.74, 6) is -0.413. The summed E-state index contributed by atoms with van der Waals surface area (Å²) in [5.41, 5.74) is 0. The van der Waals surface area contributed by atoms with Crippen LogP contribution in [0, 0.1) is 0 Å². The zero-order valence-corrected chi connectivity index (χ0v) is 6.47. The highest BCUT2D eigenvalue weighted by atomic mass is 32.2. The van der Waals surface area contributed by atoms with E-state index >= 15 is 0 Å². The van der Waals surface area contributed by atoms with Crippen LogP contribution < -0.4 is 5.32 Å². The molecule has 0 saturated carbocycles. The Morgan fingerprint density at radius 3 is 2.40 bits per heavy atom. The van der Waals surface area contributed by atoms with Crippen molar-refractivity contribution in [1.82, 2.24) is 5.32 Å². The molecular weight excluding hydrogens is 156 g/mol. The lowest BCUT2D eigenvalue weighted by molar-refractivity contribution is -0.121. The average molecular weight is 164 g/mol. The number of carbonyl (C=O) groups excluding carboxylic acids is 1. The van der Waals surface area contributed by atoms with E-state index in [4.69, 9.17) is 0 Å². The Kier molecular flexibility index (Phi) is 3.63. The molecule has 0 saturated heterocycles. The largest absolute Gasteiger partial charge is 0.357 e. The number of likely N-dealkylation sites (N-methyl/N-ethyl adjacent to an activating group) is 1. The SMILES string of the molecule is CNC(=O)[C@H](C)N=S(=O)=O. The second-order valence-corrected chi connectivity index (χ2v) is 2.26. The maximum atomic E-state index is 10.6. The summed E-state index contributed by atoms with van der Waals surface area (Å²) < 4.78 is 22.8. The van der Waals surface area contributed by atoms with Gasteiger partial charge < -0.3 is 5.32 Å². The lowest BCUT2D eigenvalue weighted by atomic mass is 10.3. The molecule has 6 heteroatoms. The van der Waals surface area contributed by atoms with Crippen LogP contribution in [0.3, 0.4) is 0 Å². The molecule has 58 valence electrons.